The van der Waals surface area contributed by atoms with Crippen molar-refractivity contribution in [1.29, 1.82) is 0 Å². The van der Waals surface area contributed by atoms with Gasteiger partial charge in [-0.1, -0.05) is 12.8 Å². The van der Waals surface area contributed by atoms with E-state index in [-0.39, 0.29) is 0 Å². The minimum atomic E-state index is -1.15. The number of nitrogens with zero attached hydrogens (tertiary/aromatic N) is 5. The van der Waals surface area contributed by atoms with Crippen molar-refractivity contribution in [2.45, 2.75) is 76.4 Å². The molecular formula is C25H35FN6. The lowest BCUT2D eigenvalue weighted by atomic mass is 9.89. The molecule has 2 aromatic heterocycles. The van der Waals surface area contributed by atoms with Crippen LogP contribution in [0.15, 0.2) is 24.5 Å². The third-order valence-corrected chi connectivity index (χ3v) is 7.46. The number of hydrogen-bond acceptors (Lipinski definition) is 6. The van der Waals surface area contributed by atoms with Crippen molar-refractivity contribution < 1.29 is 4.39 Å². The number of likely N-dealkylation sites (tertiary alicyclic amines) is 1. The van der Waals surface area contributed by atoms with Crippen LogP contribution in [0.5, 0.6) is 0 Å². The summed E-state index contributed by atoms with van der Waals surface area (Å²) in [5.41, 5.74) is 1.03. The van der Waals surface area contributed by atoms with Crippen LogP contribution in [-0.2, 0) is 0 Å². The van der Waals surface area contributed by atoms with Crippen molar-refractivity contribution in [3.63, 3.8) is 0 Å². The van der Waals surface area contributed by atoms with Crippen molar-refractivity contribution >= 4 is 17.5 Å². The zero-order valence-electron chi connectivity index (χ0n) is 19.4. The van der Waals surface area contributed by atoms with Gasteiger partial charge in [-0.3, -0.25) is 4.98 Å². The number of anilines is 3. The van der Waals surface area contributed by atoms with Gasteiger partial charge in [0.2, 0.25) is 0 Å². The molecule has 0 amide bonds. The highest BCUT2D eigenvalue weighted by Gasteiger charge is 2.35. The topological polar surface area (TPSA) is 57.2 Å². The maximum Gasteiger partial charge on any atom is 0.150 e. The SMILES string of the molecule is Cc1cnc(Nc2cc(C3CCN(C4CCCC4)CC3)cc(N3CCC(C)(F)C3)n2)cn1. The second kappa shape index (κ2) is 8.93. The molecule has 5 rings (SSSR count). The highest BCUT2D eigenvalue weighted by molar-refractivity contribution is 5.57. The molecule has 0 aromatic carbocycles. The van der Waals surface area contributed by atoms with Gasteiger partial charge in [0.1, 0.15) is 23.1 Å². The van der Waals surface area contributed by atoms with Crippen molar-refractivity contribution in [3.05, 3.63) is 35.8 Å². The largest absolute Gasteiger partial charge is 0.353 e. The Morgan fingerprint density at radius 2 is 1.78 bits per heavy atom. The van der Waals surface area contributed by atoms with E-state index >= 15 is 0 Å². The number of nitrogens with one attached hydrogen (secondary N) is 1. The summed E-state index contributed by atoms with van der Waals surface area (Å²) >= 11 is 0. The van der Waals surface area contributed by atoms with E-state index < -0.39 is 5.67 Å². The van der Waals surface area contributed by atoms with Crippen LogP contribution in [0.2, 0.25) is 0 Å². The standard InChI is InChI=1S/C25H35FN6/c1-18-15-28-23(16-27-18)29-22-13-20(14-24(30-22)32-12-9-25(2,26)17-32)19-7-10-31(11-8-19)21-5-3-4-6-21/h13-16,19,21H,3-12,17H2,1-2H3,(H,28,29,30). The molecule has 1 N–H and O–H groups in total. The van der Waals surface area contributed by atoms with Crippen LogP contribution in [0.3, 0.4) is 0 Å². The van der Waals surface area contributed by atoms with Gasteiger partial charge in [0.25, 0.3) is 0 Å². The molecule has 3 fully saturated rings. The summed E-state index contributed by atoms with van der Waals surface area (Å²) in [4.78, 5) is 18.4. The number of halogens is 1. The van der Waals surface area contributed by atoms with E-state index in [0.717, 1.165) is 23.4 Å². The Morgan fingerprint density at radius 1 is 1.00 bits per heavy atom. The molecule has 7 heteroatoms. The summed E-state index contributed by atoms with van der Waals surface area (Å²) in [6.45, 7) is 7.06. The van der Waals surface area contributed by atoms with Crippen molar-refractivity contribution in [2.24, 2.45) is 0 Å². The molecule has 4 heterocycles. The van der Waals surface area contributed by atoms with E-state index in [0.29, 0.717) is 31.2 Å². The van der Waals surface area contributed by atoms with Crippen molar-refractivity contribution in [2.75, 3.05) is 36.4 Å². The molecule has 1 aliphatic carbocycles. The van der Waals surface area contributed by atoms with Gasteiger partial charge in [-0.25, -0.2) is 14.4 Å². The zero-order valence-corrected chi connectivity index (χ0v) is 19.4. The summed E-state index contributed by atoms with van der Waals surface area (Å²) < 4.78 is 14.6. The molecule has 172 valence electrons. The molecule has 0 spiro atoms. The maximum atomic E-state index is 14.6. The first kappa shape index (κ1) is 21.6. The van der Waals surface area contributed by atoms with Gasteiger partial charge in [-0.15, -0.1) is 0 Å². The Bertz CT molecular complexity index is 917. The van der Waals surface area contributed by atoms with Crippen LogP contribution in [-0.4, -0.2) is 57.7 Å². The average molecular weight is 439 g/mol. The Balaban J connectivity index is 1.37. The first-order chi connectivity index (χ1) is 15.4. The van der Waals surface area contributed by atoms with E-state index in [2.05, 4.69) is 37.2 Å². The van der Waals surface area contributed by atoms with Crippen LogP contribution in [0.1, 0.15) is 69.0 Å². The molecule has 0 radical (unpaired) electrons. The van der Waals surface area contributed by atoms with Gasteiger partial charge >= 0.3 is 0 Å². The predicted octanol–water partition coefficient (Wildman–Crippen LogP) is 4.98. The molecular weight excluding hydrogens is 403 g/mol. The molecule has 1 unspecified atom stereocenters. The third-order valence-electron chi connectivity index (χ3n) is 7.46. The molecule has 0 bridgehead atoms. The van der Waals surface area contributed by atoms with Crippen LogP contribution in [0.4, 0.5) is 21.8 Å². The number of piperidine rings is 1. The normalized spacial score (nSPS) is 25.5. The fraction of sp³-hybridized carbons (Fsp3) is 0.640. The van der Waals surface area contributed by atoms with Gasteiger partial charge in [0, 0.05) is 19.0 Å². The monoisotopic (exact) mass is 438 g/mol. The summed E-state index contributed by atoms with van der Waals surface area (Å²) in [5.74, 6) is 2.82. The minimum Gasteiger partial charge on any atom is -0.353 e. The van der Waals surface area contributed by atoms with Crippen LogP contribution < -0.4 is 10.2 Å². The van der Waals surface area contributed by atoms with E-state index in [1.54, 1.807) is 19.3 Å². The Kier molecular flexibility index (Phi) is 6.01. The minimum absolute atomic E-state index is 0.396. The molecule has 2 aromatic rings. The predicted molar refractivity (Wildman–Crippen MR) is 126 cm³/mol. The number of aryl methyl sites for hydroxylation is 1. The highest BCUT2D eigenvalue weighted by atomic mass is 19.1. The summed E-state index contributed by atoms with van der Waals surface area (Å²) in [7, 11) is 0. The molecule has 6 nitrogen and oxygen atoms in total. The van der Waals surface area contributed by atoms with Crippen LogP contribution >= 0.6 is 0 Å². The maximum absolute atomic E-state index is 14.6. The zero-order chi connectivity index (χ0) is 22.1. The van der Waals surface area contributed by atoms with Crippen molar-refractivity contribution in [3.8, 4) is 0 Å². The van der Waals surface area contributed by atoms with Gasteiger partial charge < -0.3 is 15.1 Å². The highest BCUT2D eigenvalue weighted by Crippen LogP contribution is 2.36. The Hall–Kier alpha value is -2.28. The second-order valence-corrected chi connectivity index (χ2v) is 10.1. The van der Waals surface area contributed by atoms with Gasteiger partial charge in [0.05, 0.1) is 24.6 Å². The number of hydrogen-bond donors (Lipinski definition) is 1. The van der Waals surface area contributed by atoms with E-state index in [1.165, 1.54) is 57.2 Å². The lowest BCUT2D eigenvalue weighted by Crippen LogP contribution is -2.39. The number of rotatable bonds is 5. The third kappa shape index (κ3) is 4.87. The molecule has 1 atom stereocenters. The first-order valence-corrected chi connectivity index (χ1v) is 12.2. The molecule has 1 saturated carbocycles. The van der Waals surface area contributed by atoms with E-state index in [1.807, 2.05) is 6.92 Å². The molecule has 2 saturated heterocycles. The first-order valence-electron chi connectivity index (χ1n) is 12.2. The second-order valence-electron chi connectivity index (χ2n) is 10.1. The Labute approximate surface area is 190 Å². The molecule has 3 aliphatic rings. The lowest BCUT2D eigenvalue weighted by molar-refractivity contribution is 0.154. The summed E-state index contributed by atoms with van der Waals surface area (Å²) in [5, 5.41) is 3.33. The number of alkyl halides is 1. The van der Waals surface area contributed by atoms with Gasteiger partial charge in [-0.05, 0) is 76.2 Å². The number of aromatic nitrogens is 3. The average Bonchev–Trinajstić information content (AvgIpc) is 3.45. The molecule has 2 aliphatic heterocycles. The summed E-state index contributed by atoms with van der Waals surface area (Å²) in [6.07, 6.45) is 11.9. The fourth-order valence-corrected chi connectivity index (χ4v) is 5.57. The van der Waals surface area contributed by atoms with E-state index in [9.17, 15) is 4.39 Å². The summed E-state index contributed by atoms with van der Waals surface area (Å²) in [6, 6.07) is 5.16. The van der Waals surface area contributed by atoms with Gasteiger partial charge in [0.15, 0.2) is 0 Å². The number of pyridine rings is 1. The Morgan fingerprint density at radius 3 is 2.44 bits per heavy atom. The lowest BCUT2D eigenvalue weighted by Gasteiger charge is -2.36. The van der Waals surface area contributed by atoms with Crippen molar-refractivity contribution in [1.82, 2.24) is 19.9 Å². The quantitative estimate of drug-likeness (QED) is 0.710. The fourth-order valence-electron chi connectivity index (χ4n) is 5.57. The van der Waals surface area contributed by atoms with E-state index in [4.69, 9.17) is 4.98 Å². The van der Waals surface area contributed by atoms with Crippen LogP contribution in [0, 0.1) is 6.92 Å². The smallest absolute Gasteiger partial charge is 0.150 e. The van der Waals surface area contributed by atoms with Crippen LogP contribution in [0.25, 0.3) is 0 Å². The van der Waals surface area contributed by atoms with Gasteiger partial charge in [-0.2, -0.15) is 0 Å². The molecule has 32 heavy (non-hydrogen) atoms.